The van der Waals surface area contributed by atoms with Crippen LogP contribution in [0.25, 0.3) is 0 Å². The second kappa shape index (κ2) is 8.91. The van der Waals surface area contributed by atoms with Crippen molar-refractivity contribution in [2.24, 2.45) is 0 Å². The van der Waals surface area contributed by atoms with Crippen molar-refractivity contribution >= 4 is 28.8 Å². The zero-order chi connectivity index (χ0) is 16.7. The molecular formula is C17H21ClN2O2S. The molecule has 0 bridgehead atoms. The van der Waals surface area contributed by atoms with E-state index in [1.54, 1.807) is 23.5 Å². The van der Waals surface area contributed by atoms with E-state index in [2.05, 4.69) is 5.32 Å². The molecule has 4 nitrogen and oxygen atoms in total. The van der Waals surface area contributed by atoms with Crippen molar-refractivity contribution in [3.05, 3.63) is 51.7 Å². The molecule has 0 radical (unpaired) electrons. The van der Waals surface area contributed by atoms with Crippen LogP contribution in [-0.2, 0) is 4.79 Å². The van der Waals surface area contributed by atoms with Gasteiger partial charge in [-0.05, 0) is 49.7 Å². The third kappa shape index (κ3) is 6.22. The molecule has 23 heavy (non-hydrogen) atoms. The highest BCUT2D eigenvalue weighted by Crippen LogP contribution is 2.18. The van der Waals surface area contributed by atoms with Crippen molar-refractivity contribution in [1.29, 1.82) is 0 Å². The van der Waals surface area contributed by atoms with Crippen LogP contribution in [0, 0.1) is 0 Å². The van der Waals surface area contributed by atoms with Gasteiger partial charge in [0.15, 0.2) is 0 Å². The highest BCUT2D eigenvalue weighted by Gasteiger charge is 2.12. The van der Waals surface area contributed by atoms with Crippen LogP contribution in [0.15, 0.2) is 41.8 Å². The summed E-state index contributed by atoms with van der Waals surface area (Å²) in [6, 6.07) is 11.3. The second-order valence-corrected chi connectivity index (χ2v) is 6.76. The number of halogens is 1. The molecule has 1 amide bonds. The van der Waals surface area contributed by atoms with Gasteiger partial charge in [0.2, 0.25) is 5.91 Å². The van der Waals surface area contributed by atoms with Crippen LogP contribution in [0.5, 0.6) is 5.75 Å². The fraction of sp³-hybridized carbons (Fsp3) is 0.353. The Morgan fingerprint density at radius 2 is 2.09 bits per heavy atom. The zero-order valence-electron chi connectivity index (χ0n) is 13.3. The van der Waals surface area contributed by atoms with Crippen molar-refractivity contribution in [2.45, 2.75) is 13.0 Å². The summed E-state index contributed by atoms with van der Waals surface area (Å²) in [5.41, 5.74) is 0. The SMILES string of the molecule is C[C@H](NC(=O)CN(C)CCOc1ccc(Cl)cc1)c1cccs1. The number of ether oxygens (including phenoxy) is 1. The van der Waals surface area contributed by atoms with E-state index in [0.717, 1.165) is 10.6 Å². The Kier molecular flexibility index (Phi) is 6.89. The lowest BCUT2D eigenvalue weighted by Crippen LogP contribution is -2.37. The normalized spacial score (nSPS) is 12.2. The van der Waals surface area contributed by atoms with Crippen molar-refractivity contribution < 1.29 is 9.53 Å². The van der Waals surface area contributed by atoms with Gasteiger partial charge in [-0.15, -0.1) is 11.3 Å². The van der Waals surface area contributed by atoms with Gasteiger partial charge < -0.3 is 10.1 Å². The molecule has 6 heteroatoms. The smallest absolute Gasteiger partial charge is 0.234 e. The number of amides is 1. The highest BCUT2D eigenvalue weighted by atomic mass is 35.5. The number of thiophene rings is 1. The molecular weight excluding hydrogens is 332 g/mol. The fourth-order valence-electron chi connectivity index (χ4n) is 2.07. The molecule has 1 aromatic carbocycles. The third-order valence-electron chi connectivity index (χ3n) is 3.32. The largest absolute Gasteiger partial charge is 0.492 e. The van der Waals surface area contributed by atoms with Gasteiger partial charge in [0.25, 0.3) is 0 Å². The van der Waals surface area contributed by atoms with Crippen LogP contribution in [-0.4, -0.2) is 37.6 Å². The minimum Gasteiger partial charge on any atom is -0.492 e. The Balaban J connectivity index is 1.66. The Labute approximate surface area is 146 Å². The van der Waals surface area contributed by atoms with Gasteiger partial charge in [0, 0.05) is 16.4 Å². The molecule has 0 spiro atoms. The minimum absolute atomic E-state index is 0.0138. The summed E-state index contributed by atoms with van der Waals surface area (Å²) in [6.07, 6.45) is 0. The topological polar surface area (TPSA) is 41.6 Å². The number of nitrogens with zero attached hydrogens (tertiary/aromatic N) is 1. The molecule has 1 aromatic heterocycles. The molecule has 1 atom stereocenters. The van der Waals surface area contributed by atoms with Crippen LogP contribution in [0.4, 0.5) is 0 Å². The van der Waals surface area contributed by atoms with E-state index in [4.69, 9.17) is 16.3 Å². The maximum Gasteiger partial charge on any atom is 0.234 e. The van der Waals surface area contributed by atoms with E-state index in [-0.39, 0.29) is 11.9 Å². The Hall–Kier alpha value is -1.56. The van der Waals surface area contributed by atoms with Crippen molar-refractivity contribution in [3.8, 4) is 5.75 Å². The van der Waals surface area contributed by atoms with Crippen LogP contribution in [0.1, 0.15) is 17.8 Å². The number of carbonyl (C=O) groups excluding carboxylic acids is 1. The molecule has 0 aliphatic rings. The van der Waals surface area contributed by atoms with E-state index in [0.29, 0.717) is 24.7 Å². The predicted molar refractivity (Wildman–Crippen MR) is 95.3 cm³/mol. The first kappa shape index (κ1) is 17.8. The molecule has 0 aliphatic carbocycles. The Morgan fingerprint density at radius 3 is 2.74 bits per heavy atom. The first-order valence-electron chi connectivity index (χ1n) is 7.44. The molecule has 0 saturated heterocycles. The monoisotopic (exact) mass is 352 g/mol. The maximum atomic E-state index is 12.0. The van der Waals surface area contributed by atoms with Gasteiger partial charge in [-0.25, -0.2) is 0 Å². The number of hydrogen-bond donors (Lipinski definition) is 1. The summed E-state index contributed by atoms with van der Waals surface area (Å²) in [7, 11) is 1.90. The molecule has 124 valence electrons. The number of hydrogen-bond acceptors (Lipinski definition) is 4. The fourth-order valence-corrected chi connectivity index (χ4v) is 2.93. The molecule has 1 N–H and O–H groups in total. The van der Waals surface area contributed by atoms with Gasteiger partial charge in [-0.2, -0.15) is 0 Å². The van der Waals surface area contributed by atoms with Crippen molar-refractivity contribution in [3.63, 3.8) is 0 Å². The molecule has 2 aromatic rings. The van der Waals surface area contributed by atoms with E-state index in [1.807, 2.05) is 48.5 Å². The molecule has 0 aliphatic heterocycles. The lowest BCUT2D eigenvalue weighted by atomic mass is 10.3. The second-order valence-electron chi connectivity index (χ2n) is 5.34. The third-order valence-corrected chi connectivity index (χ3v) is 4.62. The van der Waals surface area contributed by atoms with E-state index >= 15 is 0 Å². The summed E-state index contributed by atoms with van der Waals surface area (Å²) in [6.45, 7) is 3.53. The average Bonchev–Trinajstić information content (AvgIpc) is 3.03. The standard InChI is InChI=1S/C17H21ClN2O2S/c1-13(16-4-3-11-23-16)19-17(21)12-20(2)9-10-22-15-7-5-14(18)6-8-15/h3-8,11,13H,9-10,12H2,1-2H3,(H,19,21)/t13-/m0/s1. The number of rotatable bonds is 8. The Morgan fingerprint density at radius 1 is 1.35 bits per heavy atom. The van der Waals surface area contributed by atoms with Crippen LogP contribution >= 0.6 is 22.9 Å². The van der Waals surface area contributed by atoms with E-state index < -0.39 is 0 Å². The quantitative estimate of drug-likeness (QED) is 0.789. The van der Waals surface area contributed by atoms with Crippen molar-refractivity contribution in [1.82, 2.24) is 10.2 Å². The Bertz CT molecular complexity index is 602. The summed E-state index contributed by atoms with van der Waals surface area (Å²) >= 11 is 7.47. The zero-order valence-corrected chi connectivity index (χ0v) is 14.9. The molecule has 0 fully saturated rings. The molecule has 1 heterocycles. The lowest BCUT2D eigenvalue weighted by Gasteiger charge is -2.18. The van der Waals surface area contributed by atoms with Crippen LogP contribution in [0.2, 0.25) is 5.02 Å². The summed E-state index contributed by atoms with van der Waals surface area (Å²) in [5.74, 6) is 0.790. The number of nitrogens with one attached hydrogen (secondary N) is 1. The van der Waals surface area contributed by atoms with Gasteiger partial charge in [0.1, 0.15) is 12.4 Å². The minimum atomic E-state index is 0.0138. The first-order valence-corrected chi connectivity index (χ1v) is 8.70. The lowest BCUT2D eigenvalue weighted by molar-refractivity contribution is -0.122. The van der Waals surface area contributed by atoms with Gasteiger partial charge in [-0.3, -0.25) is 9.69 Å². The number of likely N-dealkylation sites (N-methyl/N-ethyl adjacent to an activating group) is 1. The van der Waals surface area contributed by atoms with Gasteiger partial charge >= 0.3 is 0 Å². The van der Waals surface area contributed by atoms with Crippen LogP contribution in [0.3, 0.4) is 0 Å². The maximum absolute atomic E-state index is 12.0. The predicted octanol–water partition coefficient (Wildman–Crippen LogP) is 3.59. The van der Waals surface area contributed by atoms with Gasteiger partial charge in [-0.1, -0.05) is 17.7 Å². The first-order chi connectivity index (χ1) is 11.0. The molecule has 0 saturated carbocycles. The van der Waals surface area contributed by atoms with Gasteiger partial charge in [0.05, 0.1) is 12.6 Å². The number of benzene rings is 1. The van der Waals surface area contributed by atoms with E-state index in [9.17, 15) is 4.79 Å². The molecule has 0 unspecified atom stereocenters. The summed E-state index contributed by atoms with van der Waals surface area (Å²) in [4.78, 5) is 15.1. The highest BCUT2D eigenvalue weighted by molar-refractivity contribution is 7.10. The molecule has 2 rings (SSSR count). The summed E-state index contributed by atoms with van der Waals surface area (Å²) < 4.78 is 5.62. The summed E-state index contributed by atoms with van der Waals surface area (Å²) in [5, 5.41) is 5.70. The average molecular weight is 353 g/mol. The van der Waals surface area contributed by atoms with Crippen molar-refractivity contribution in [2.75, 3.05) is 26.7 Å². The number of carbonyl (C=O) groups is 1. The van der Waals surface area contributed by atoms with E-state index in [1.165, 1.54) is 0 Å². The van der Waals surface area contributed by atoms with Crippen LogP contribution < -0.4 is 10.1 Å².